The van der Waals surface area contributed by atoms with E-state index in [9.17, 15) is 4.79 Å². The number of carbonyl (C=O) groups is 1. The van der Waals surface area contributed by atoms with Crippen molar-refractivity contribution in [3.05, 3.63) is 90.8 Å². The summed E-state index contributed by atoms with van der Waals surface area (Å²) in [6.07, 6.45) is 7.17. The second-order valence-corrected chi connectivity index (χ2v) is 7.07. The van der Waals surface area contributed by atoms with Crippen LogP contribution in [0.25, 0.3) is 5.82 Å². The van der Waals surface area contributed by atoms with Gasteiger partial charge in [-0.25, -0.2) is 15.0 Å². The van der Waals surface area contributed by atoms with Gasteiger partial charge in [-0.15, -0.1) is 0 Å². The van der Waals surface area contributed by atoms with Crippen LogP contribution in [0, 0.1) is 6.92 Å². The third-order valence-corrected chi connectivity index (χ3v) is 4.77. The molecule has 0 unspecified atom stereocenters. The molecule has 4 aromatic rings. The number of hydrogen-bond acceptors (Lipinski definition) is 5. The molecule has 1 N–H and O–H groups in total. The predicted molar refractivity (Wildman–Crippen MR) is 118 cm³/mol. The van der Waals surface area contributed by atoms with Crippen LogP contribution in [-0.4, -0.2) is 25.4 Å². The number of imidazole rings is 1. The van der Waals surface area contributed by atoms with Gasteiger partial charge in [0.1, 0.15) is 23.7 Å². The molecule has 0 aliphatic heterocycles. The number of carbonyl (C=O) groups excluding carboxylic acids is 1. The summed E-state index contributed by atoms with van der Waals surface area (Å²) in [4.78, 5) is 24.8. The second kappa shape index (κ2) is 9.67. The molecule has 31 heavy (non-hydrogen) atoms. The Balaban J connectivity index is 1.30. The number of amides is 1. The Morgan fingerprint density at radius 3 is 2.58 bits per heavy atom. The van der Waals surface area contributed by atoms with E-state index in [0.717, 1.165) is 24.4 Å². The van der Waals surface area contributed by atoms with Crippen LogP contribution >= 0.6 is 0 Å². The van der Waals surface area contributed by atoms with Crippen LogP contribution < -0.4 is 10.1 Å². The van der Waals surface area contributed by atoms with Gasteiger partial charge in [0.25, 0.3) is 0 Å². The van der Waals surface area contributed by atoms with Crippen LogP contribution in [0.5, 0.6) is 11.6 Å². The molecule has 2 aromatic heterocycles. The Hall–Kier alpha value is -4.00. The van der Waals surface area contributed by atoms with Crippen molar-refractivity contribution >= 4 is 11.6 Å². The number of anilines is 1. The van der Waals surface area contributed by atoms with Crippen molar-refractivity contribution in [3.63, 3.8) is 0 Å². The summed E-state index contributed by atoms with van der Waals surface area (Å²) in [7, 11) is 0. The van der Waals surface area contributed by atoms with Crippen LogP contribution in [-0.2, 0) is 11.2 Å². The molecule has 0 aliphatic carbocycles. The second-order valence-electron chi connectivity index (χ2n) is 7.07. The standard InChI is InChI=1S/C24H23N5O2/c1-18-25-14-15-29(18)22-16-24(27-17-26-22)31-21-12-10-20(11-13-21)28-23(30)9-5-8-19-6-3-2-4-7-19/h2-4,6-7,10-17H,5,8-9H2,1H3,(H,28,30). The Morgan fingerprint density at radius 2 is 1.84 bits per heavy atom. The van der Waals surface area contributed by atoms with Crippen LogP contribution in [0.4, 0.5) is 5.69 Å². The molecule has 156 valence electrons. The molecule has 4 rings (SSSR count). The van der Waals surface area contributed by atoms with Crippen LogP contribution in [0.3, 0.4) is 0 Å². The first kappa shape index (κ1) is 20.3. The quantitative estimate of drug-likeness (QED) is 0.452. The van der Waals surface area contributed by atoms with Gasteiger partial charge in [-0.1, -0.05) is 30.3 Å². The normalized spacial score (nSPS) is 10.6. The van der Waals surface area contributed by atoms with Crippen molar-refractivity contribution in [3.8, 4) is 17.4 Å². The smallest absolute Gasteiger partial charge is 0.224 e. The molecule has 2 aromatic carbocycles. The van der Waals surface area contributed by atoms with E-state index in [4.69, 9.17) is 4.74 Å². The average Bonchev–Trinajstić information content (AvgIpc) is 3.22. The van der Waals surface area contributed by atoms with E-state index in [0.29, 0.717) is 23.9 Å². The van der Waals surface area contributed by atoms with Crippen LogP contribution in [0.2, 0.25) is 0 Å². The van der Waals surface area contributed by atoms with Crippen molar-refractivity contribution in [2.45, 2.75) is 26.2 Å². The number of nitrogens with one attached hydrogen (secondary N) is 1. The molecular formula is C24H23N5O2. The zero-order valence-corrected chi connectivity index (χ0v) is 17.2. The topological polar surface area (TPSA) is 81.9 Å². The Bertz CT molecular complexity index is 1140. The number of nitrogens with zero attached hydrogens (tertiary/aromatic N) is 4. The molecule has 1 amide bonds. The van der Waals surface area contributed by atoms with E-state index in [2.05, 4.69) is 32.4 Å². The van der Waals surface area contributed by atoms with Crippen LogP contribution in [0.15, 0.2) is 79.4 Å². The fourth-order valence-corrected chi connectivity index (χ4v) is 3.19. The van der Waals surface area contributed by atoms with E-state index in [1.807, 2.05) is 48.0 Å². The zero-order valence-electron chi connectivity index (χ0n) is 17.2. The number of rotatable bonds is 8. The van der Waals surface area contributed by atoms with Gasteiger partial charge < -0.3 is 10.1 Å². The Labute approximate surface area is 180 Å². The third-order valence-electron chi connectivity index (χ3n) is 4.77. The maximum absolute atomic E-state index is 12.2. The number of benzene rings is 2. The highest BCUT2D eigenvalue weighted by molar-refractivity contribution is 5.90. The lowest BCUT2D eigenvalue weighted by atomic mass is 10.1. The van der Waals surface area contributed by atoms with E-state index < -0.39 is 0 Å². The lowest BCUT2D eigenvalue weighted by Gasteiger charge is -2.09. The van der Waals surface area contributed by atoms with Gasteiger partial charge in [0.2, 0.25) is 11.8 Å². The van der Waals surface area contributed by atoms with Gasteiger partial charge >= 0.3 is 0 Å². The van der Waals surface area contributed by atoms with Crippen molar-refractivity contribution in [2.24, 2.45) is 0 Å². The molecule has 0 spiro atoms. The summed E-state index contributed by atoms with van der Waals surface area (Å²) in [5.74, 6) is 2.55. The fourth-order valence-electron chi connectivity index (χ4n) is 3.19. The number of aryl methyl sites for hydroxylation is 2. The molecule has 0 aliphatic rings. The molecule has 0 saturated heterocycles. The van der Waals surface area contributed by atoms with Gasteiger partial charge in [0, 0.05) is 30.6 Å². The molecular weight excluding hydrogens is 390 g/mol. The first-order valence-electron chi connectivity index (χ1n) is 10.1. The lowest BCUT2D eigenvalue weighted by molar-refractivity contribution is -0.116. The monoisotopic (exact) mass is 413 g/mol. The largest absolute Gasteiger partial charge is 0.439 e. The van der Waals surface area contributed by atoms with E-state index in [1.165, 1.54) is 11.9 Å². The molecule has 0 saturated carbocycles. The Morgan fingerprint density at radius 1 is 1.03 bits per heavy atom. The van der Waals surface area contributed by atoms with Gasteiger partial charge in [-0.05, 0) is 49.6 Å². The molecule has 0 fully saturated rings. The predicted octanol–water partition coefficient (Wildman–Crippen LogP) is 4.72. The number of aromatic nitrogens is 4. The SMILES string of the molecule is Cc1nccn1-c1cc(Oc2ccc(NC(=O)CCCc3ccccc3)cc2)ncn1. The minimum absolute atomic E-state index is 0.000689. The summed E-state index contributed by atoms with van der Waals surface area (Å²) in [5.41, 5.74) is 1.97. The third kappa shape index (κ3) is 5.54. The summed E-state index contributed by atoms with van der Waals surface area (Å²) in [6, 6.07) is 19.1. The van der Waals surface area contributed by atoms with Gasteiger partial charge in [0.05, 0.1) is 0 Å². The van der Waals surface area contributed by atoms with Gasteiger partial charge in [-0.3, -0.25) is 9.36 Å². The van der Waals surface area contributed by atoms with Crippen molar-refractivity contribution < 1.29 is 9.53 Å². The number of ether oxygens (including phenoxy) is 1. The average molecular weight is 413 g/mol. The first-order chi connectivity index (χ1) is 15.2. The minimum Gasteiger partial charge on any atom is -0.439 e. The number of hydrogen-bond donors (Lipinski definition) is 1. The Kier molecular flexibility index (Phi) is 6.32. The molecule has 2 heterocycles. The van der Waals surface area contributed by atoms with Crippen molar-refractivity contribution in [2.75, 3.05) is 5.32 Å². The molecule has 7 nitrogen and oxygen atoms in total. The van der Waals surface area contributed by atoms with Crippen LogP contribution in [0.1, 0.15) is 24.2 Å². The highest BCUT2D eigenvalue weighted by atomic mass is 16.5. The van der Waals surface area contributed by atoms with Crippen molar-refractivity contribution in [1.82, 2.24) is 19.5 Å². The molecule has 0 bridgehead atoms. The highest BCUT2D eigenvalue weighted by Gasteiger charge is 2.07. The highest BCUT2D eigenvalue weighted by Crippen LogP contribution is 2.23. The zero-order chi connectivity index (χ0) is 21.5. The lowest BCUT2D eigenvalue weighted by Crippen LogP contribution is -2.11. The molecule has 0 atom stereocenters. The van der Waals surface area contributed by atoms with Crippen molar-refractivity contribution in [1.29, 1.82) is 0 Å². The van der Waals surface area contributed by atoms with Gasteiger partial charge in [-0.2, -0.15) is 0 Å². The summed E-state index contributed by atoms with van der Waals surface area (Å²) in [5, 5.41) is 2.92. The fraction of sp³-hybridized carbons (Fsp3) is 0.167. The minimum atomic E-state index is 0.000689. The summed E-state index contributed by atoms with van der Waals surface area (Å²) >= 11 is 0. The maximum Gasteiger partial charge on any atom is 0.224 e. The maximum atomic E-state index is 12.2. The molecule has 7 heteroatoms. The summed E-state index contributed by atoms with van der Waals surface area (Å²) < 4.78 is 7.69. The van der Waals surface area contributed by atoms with E-state index in [1.54, 1.807) is 24.4 Å². The molecule has 0 radical (unpaired) electrons. The van der Waals surface area contributed by atoms with Gasteiger partial charge in [0.15, 0.2) is 0 Å². The first-order valence-corrected chi connectivity index (χ1v) is 10.1. The van der Waals surface area contributed by atoms with E-state index >= 15 is 0 Å². The van der Waals surface area contributed by atoms with E-state index in [-0.39, 0.29) is 5.91 Å². The summed E-state index contributed by atoms with van der Waals surface area (Å²) in [6.45, 7) is 1.90.